The van der Waals surface area contributed by atoms with Gasteiger partial charge < -0.3 is 5.11 Å². The predicted molar refractivity (Wildman–Crippen MR) is 57.1 cm³/mol. The first-order chi connectivity index (χ1) is 8.50. The second-order valence-electron chi connectivity index (χ2n) is 3.34. The third-order valence-corrected chi connectivity index (χ3v) is 2.22. The van der Waals surface area contributed by atoms with Crippen LogP contribution in [0.3, 0.4) is 0 Å². The Morgan fingerprint density at radius 1 is 1.50 bits per heavy atom. The fourth-order valence-electron chi connectivity index (χ4n) is 1.43. The normalized spacial score (nSPS) is 10.3. The van der Waals surface area contributed by atoms with Gasteiger partial charge in [0, 0.05) is 6.20 Å². The first kappa shape index (κ1) is 11.7. The molecule has 0 aliphatic heterocycles. The molecule has 0 unspecified atom stereocenters. The summed E-state index contributed by atoms with van der Waals surface area (Å²) in [5, 5.41) is 23.1. The number of nitrogens with zero attached hydrogens (tertiary/aromatic N) is 3. The highest BCUT2D eigenvalue weighted by molar-refractivity contribution is 5.87. The lowest BCUT2D eigenvalue weighted by molar-refractivity contribution is -0.387. The molecule has 18 heavy (non-hydrogen) atoms. The molecule has 92 valence electrons. The Morgan fingerprint density at radius 2 is 2.22 bits per heavy atom. The third kappa shape index (κ3) is 1.90. The Hall–Kier alpha value is -2.77. The highest BCUT2D eigenvalue weighted by atomic mass is 19.1. The summed E-state index contributed by atoms with van der Waals surface area (Å²) in [6.45, 7) is 0. The lowest BCUT2D eigenvalue weighted by atomic mass is 10.2. The van der Waals surface area contributed by atoms with Crippen LogP contribution in [-0.4, -0.2) is 25.8 Å². The van der Waals surface area contributed by atoms with Crippen LogP contribution >= 0.6 is 0 Å². The van der Waals surface area contributed by atoms with Crippen molar-refractivity contribution in [2.45, 2.75) is 0 Å². The van der Waals surface area contributed by atoms with Crippen molar-refractivity contribution in [2.75, 3.05) is 0 Å². The molecule has 0 radical (unpaired) electrons. The molecule has 1 aromatic heterocycles. The quantitative estimate of drug-likeness (QED) is 0.660. The minimum atomic E-state index is -1.22. The molecular weight excluding hydrogens is 245 g/mol. The minimum absolute atomic E-state index is 0.132. The Balaban J connectivity index is 2.59. The van der Waals surface area contributed by atoms with Gasteiger partial charge in [-0.25, -0.2) is 9.48 Å². The fourth-order valence-corrected chi connectivity index (χ4v) is 1.43. The molecule has 0 aliphatic carbocycles. The van der Waals surface area contributed by atoms with Gasteiger partial charge in [-0.3, -0.25) is 10.1 Å². The number of aromatic nitrogens is 2. The topological polar surface area (TPSA) is 98.3 Å². The van der Waals surface area contributed by atoms with Gasteiger partial charge in [-0.05, 0) is 12.1 Å². The van der Waals surface area contributed by atoms with E-state index in [0.717, 1.165) is 23.1 Å². The maximum atomic E-state index is 13.4. The summed E-state index contributed by atoms with van der Waals surface area (Å²) in [7, 11) is 0. The van der Waals surface area contributed by atoms with Crippen LogP contribution < -0.4 is 0 Å². The molecule has 0 atom stereocenters. The van der Waals surface area contributed by atoms with Gasteiger partial charge >= 0.3 is 11.7 Å². The van der Waals surface area contributed by atoms with Crippen LogP contribution in [0.15, 0.2) is 30.6 Å². The van der Waals surface area contributed by atoms with Gasteiger partial charge in [0.1, 0.15) is 5.69 Å². The summed E-state index contributed by atoms with van der Waals surface area (Å²) in [6.07, 6.45) is 2.10. The SMILES string of the molecule is O=C(O)c1cnn(-c2cccc(F)c2[N+](=O)[O-])c1. The number of para-hydroxylation sites is 1. The number of hydrogen-bond acceptors (Lipinski definition) is 4. The van der Waals surface area contributed by atoms with Crippen LogP contribution in [0.5, 0.6) is 0 Å². The molecule has 8 heteroatoms. The molecule has 1 N–H and O–H groups in total. The molecule has 7 nitrogen and oxygen atoms in total. The van der Waals surface area contributed by atoms with Crippen molar-refractivity contribution < 1.29 is 19.2 Å². The number of benzene rings is 1. The van der Waals surface area contributed by atoms with Gasteiger partial charge in [-0.2, -0.15) is 9.49 Å². The van der Waals surface area contributed by atoms with E-state index >= 15 is 0 Å². The van der Waals surface area contributed by atoms with E-state index in [1.807, 2.05) is 0 Å². The Bertz CT molecular complexity index is 638. The second-order valence-corrected chi connectivity index (χ2v) is 3.34. The summed E-state index contributed by atoms with van der Waals surface area (Å²) < 4.78 is 14.3. The van der Waals surface area contributed by atoms with E-state index in [4.69, 9.17) is 5.11 Å². The van der Waals surface area contributed by atoms with Crippen LogP contribution in [0.2, 0.25) is 0 Å². The van der Waals surface area contributed by atoms with Crippen molar-refractivity contribution in [1.29, 1.82) is 0 Å². The maximum Gasteiger partial charge on any atom is 0.338 e. The average molecular weight is 251 g/mol. The van der Waals surface area contributed by atoms with Gasteiger partial charge in [-0.1, -0.05) is 6.07 Å². The summed E-state index contributed by atoms with van der Waals surface area (Å²) >= 11 is 0. The number of nitro benzene ring substituents is 1. The highest BCUT2D eigenvalue weighted by Gasteiger charge is 2.22. The van der Waals surface area contributed by atoms with Gasteiger partial charge in [0.2, 0.25) is 5.82 Å². The van der Waals surface area contributed by atoms with E-state index in [-0.39, 0.29) is 11.3 Å². The molecule has 0 fully saturated rings. The van der Waals surface area contributed by atoms with Crippen molar-refractivity contribution in [3.8, 4) is 5.69 Å². The van der Waals surface area contributed by atoms with Crippen molar-refractivity contribution >= 4 is 11.7 Å². The van der Waals surface area contributed by atoms with Crippen LogP contribution in [0.1, 0.15) is 10.4 Å². The number of aromatic carboxylic acids is 1. The zero-order chi connectivity index (χ0) is 13.3. The van der Waals surface area contributed by atoms with Crippen molar-refractivity contribution in [1.82, 2.24) is 9.78 Å². The zero-order valence-electron chi connectivity index (χ0n) is 8.78. The van der Waals surface area contributed by atoms with Crippen LogP contribution in [0.25, 0.3) is 5.69 Å². The Morgan fingerprint density at radius 3 is 2.78 bits per heavy atom. The van der Waals surface area contributed by atoms with Gasteiger partial charge in [0.15, 0.2) is 0 Å². The molecule has 2 rings (SSSR count). The standard InChI is InChI=1S/C10H6FN3O4/c11-7-2-1-3-8(9(7)14(17)18)13-5-6(4-12-13)10(15)16/h1-5H,(H,15,16). The molecule has 0 amide bonds. The molecule has 0 aliphatic rings. The predicted octanol–water partition coefficient (Wildman–Crippen LogP) is 1.62. The van der Waals surface area contributed by atoms with Crippen LogP contribution in [0, 0.1) is 15.9 Å². The van der Waals surface area contributed by atoms with Crippen LogP contribution in [0.4, 0.5) is 10.1 Å². The number of nitro groups is 1. The summed E-state index contributed by atoms with van der Waals surface area (Å²) in [5.74, 6) is -2.23. The molecule has 0 bridgehead atoms. The molecule has 0 saturated carbocycles. The molecule has 0 spiro atoms. The molecule has 2 aromatic rings. The third-order valence-electron chi connectivity index (χ3n) is 2.22. The zero-order valence-corrected chi connectivity index (χ0v) is 8.78. The molecule has 1 heterocycles. The van der Waals surface area contributed by atoms with E-state index in [9.17, 15) is 19.3 Å². The van der Waals surface area contributed by atoms with Crippen molar-refractivity contribution in [3.63, 3.8) is 0 Å². The average Bonchev–Trinajstić information content (AvgIpc) is 2.77. The second kappa shape index (κ2) is 4.24. The van der Waals surface area contributed by atoms with E-state index < -0.39 is 22.4 Å². The van der Waals surface area contributed by atoms with E-state index in [2.05, 4.69) is 5.10 Å². The van der Waals surface area contributed by atoms with Gasteiger partial charge in [0.05, 0.1) is 16.7 Å². The number of halogens is 1. The maximum absolute atomic E-state index is 13.4. The fraction of sp³-hybridized carbons (Fsp3) is 0. The van der Waals surface area contributed by atoms with Crippen molar-refractivity contribution in [2.24, 2.45) is 0 Å². The number of carboxylic acid groups (broad SMARTS) is 1. The van der Waals surface area contributed by atoms with Gasteiger partial charge in [0.25, 0.3) is 0 Å². The van der Waals surface area contributed by atoms with Gasteiger partial charge in [-0.15, -0.1) is 0 Å². The Kier molecular flexibility index (Phi) is 2.76. The lowest BCUT2D eigenvalue weighted by Crippen LogP contribution is -2.03. The lowest BCUT2D eigenvalue weighted by Gasteiger charge is -2.02. The largest absolute Gasteiger partial charge is 0.478 e. The summed E-state index contributed by atoms with van der Waals surface area (Å²) in [4.78, 5) is 20.6. The Labute approximate surface area is 99.2 Å². The highest BCUT2D eigenvalue weighted by Crippen LogP contribution is 2.25. The number of carboxylic acids is 1. The number of carbonyl (C=O) groups is 1. The first-order valence-corrected chi connectivity index (χ1v) is 4.72. The van der Waals surface area contributed by atoms with E-state index in [0.29, 0.717) is 0 Å². The molecule has 1 aromatic carbocycles. The van der Waals surface area contributed by atoms with E-state index in [1.165, 1.54) is 12.1 Å². The first-order valence-electron chi connectivity index (χ1n) is 4.72. The van der Waals surface area contributed by atoms with E-state index in [1.54, 1.807) is 0 Å². The van der Waals surface area contributed by atoms with Crippen LogP contribution in [-0.2, 0) is 0 Å². The number of hydrogen-bond donors (Lipinski definition) is 1. The monoisotopic (exact) mass is 251 g/mol. The molecular formula is C10H6FN3O4. The molecule has 0 saturated heterocycles. The summed E-state index contributed by atoms with van der Waals surface area (Å²) in [6, 6.07) is 3.50. The minimum Gasteiger partial charge on any atom is -0.478 e. The number of rotatable bonds is 3. The summed E-state index contributed by atoms with van der Waals surface area (Å²) in [5.41, 5.74) is -1.03. The van der Waals surface area contributed by atoms with Crippen molar-refractivity contribution in [3.05, 3.63) is 52.1 Å². The smallest absolute Gasteiger partial charge is 0.338 e.